The van der Waals surface area contributed by atoms with Gasteiger partial charge in [-0.3, -0.25) is 14.8 Å². The summed E-state index contributed by atoms with van der Waals surface area (Å²) < 4.78 is 1.89. The van der Waals surface area contributed by atoms with Crippen LogP contribution in [-0.4, -0.2) is 55.2 Å². The van der Waals surface area contributed by atoms with E-state index in [1.807, 2.05) is 29.6 Å². The van der Waals surface area contributed by atoms with Gasteiger partial charge < -0.3 is 5.32 Å². The molecule has 8 heteroatoms. The molecule has 3 aromatic heterocycles. The van der Waals surface area contributed by atoms with Gasteiger partial charge in [0.15, 0.2) is 11.5 Å². The van der Waals surface area contributed by atoms with Crippen molar-refractivity contribution in [3.05, 3.63) is 59.2 Å². The van der Waals surface area contributed by atoms with Crippen LogP contribution in [-0.2, 0) is 17.8 Å². The smallest absolute Gasteiger partial charge is 0.234 e. The molecular formula is C20H21N7O. The fourth-order valence-corrected chi connectivity index (χ4v) is 3.74. The average molecular weight is 375 g/mol. The summed E-state index contributed by atoms with van der Waals surface area (Å²) in [5.74, 6) is 0.845. The highest BCUT2D eigenvalue weighted by molar-refractivity contribution is 5.81. The SMILES string of the molecule is Cc1[nH]nc2cc(Cc3nc4cccc(CN5CCNC(=O)C5)n4n3)ccc12. The maximum atomic E-state index is 11.6. The first-order chi connectivity index (χ1) is 13.7. The zero-order chi connectivity index (χ0) is 19.1. The second-order valence-electron chi connectivity index (χ2n) is 7.25. The molecule has 8 nitrogen and oxygen atoms in total. The number of piperazine rings is 1. The van der Waals surface area contributed by atoms with Gasteiger partial charge in [0, 0.05) is 37.1 Å². The number of amides is 1. The third-order valence-electron chi connectivity index (χ3n) is 5.16. The molecule has 0 unspecified atom stereocenters. The van der Waals surface area contributed by atoms with E-state index in [2.05, 4.69) is 43.6 Å². The minimum Gasteiger partial charge on any atom is -0.354 e. The lowest BCUT2D eigenvalue weighted by Crippen LogP contribution is -2.47. The summed E-state index contributed by atoms with van der Waals surface area (Å²) in [6.45, 7) is 4.64. The van der Waals surface area contributed by atoms with Gasteiger partial charge in [0.05, 0.1) is 17.8 Å². The van der Waals surface area contributed by atoms with Crippen molar-refractivity contribution in [2.45, 2.75) is 19.9 Å². The van der Waals surface area contributed by atoms with Crippen LogP contribution >= 0.6 is 0 Å². The van der Waals surface area contributed by atoms with E-state index in [1.54, 1.807) is 0 Å². The molecule has 2 N–H and O–H groups in total. The van der Waals surface area contributed by atoms with Crippen LogP contribution in [0.3, 0.4) is 0 Å². The molecule has 5 rings (SSSR count). The topological polar surface area (TPSA) is 91.2 Å². The summed E-state index contributed by atoms with van der Waals surface area (Å²) in [4.78, 5) is 18.4. The van der Waals surface area contributed by atoms with Gasteiger partial charge in [-0.25, -0.2) is 9.50 Å². The zero-order valence-electron chi connectivity index (χ0n) is 15.6. The molecule has 0 atom stereocenters. The van der Waals surface area contributed by atoms with Crippen LogP contribution in [0, 0.1) is 6.92 Å². The quantitative estimate of drug-likeness (QED) is 0.563. The van der Waals surface area contributed by atoms with E-state index in [9.17, 15) is 4.79 Å². The summed E-state index contributed by atoms with van der Waals surface area (Å²) >= 11 is 0. The van der Waals surface area contributed by atoms with Gasteiger partial charge in [0.2, 0.25) is 5.91 Å². The van der Waals surface area contributed by atoms with Crippen LogP contribution in [0.25, 0.3) is 16.6 Å². The van der Waals surface area contributed by atoms with E-state index in [0.717, 1.165) is 45.9 Å². The number of aromatic amines is 1. The van der Waals surface area contributed by atoms with Gasteiger partial charge in [0.1, 0.15) is 0 Å². The van der Waals surface area contributed by atoms with E-state index in [4.69, 9.17) is 5.10 Å². The molecule has 1 saturated heterocycles. The van der Waals surface area contributed by atoms with Crippen molar-refractivity contribution in [3.63, 3.8) is 0 Å². The summed E-state index contributed by atoms with van der Waals surface area (Å²) in [7, 11) is 0. The van der Waals surface area contributed by atoms with E-state index >= 15 is 0 Å². The number of benzene rings is 1. The molecule has 1 amide bonds. The number of pyridine rings is 1. The number of nitrogens with one attached hydrogen (secondary N) is 2. The molecule has 0 spiro atoms. The molecule has 4 heterocycles. The first-order valence-corrected chi connectivity index (χ1v) is 9.42. The molecule has 1 aliphatic rings. The number of aryl methyl sites for hydroxylation is 1. The van der Waals surface area contributed by atoms with Crippen LogP contribution in [0.4, 0.5) is 0 Å². The summed E-state index contributed by atoms with van der Waals surface area (Å²) in [5, 5.41) is 16.1. The molecule has 0 radical (unpaired) electrons. The van der Waals surface area contributed by atoms with Gasteiger partial charge in [-0.15, -0.1) is 0 Å². The third kappa shape index (κ3) is 3.11. The average Bonchev–Trinajstić information content (AvgIpc) is 3.26. The Bertz CT molecular complexity index is 1180. The van der Waals surface area contributed by atoms with Crippen LogP contribution in [0.1, 0.15) is 22.8 Å². The highest BCUT2D eigenvalue weighted by Crippen LogP contribution is 2.19. The minimum atomic E-state index is 0.0710. The maximum absolute atomic E-state index is 11.6. The number of carbonyl (C=O) groups excluding carboxylic acids is 1. The van der Waals surface area contributed by atoms with Crippen molar-refractivity contribution >= 4 is 22.5 Å². The Morgan fingerprint density at radius 3 is 3.04 bits per heavy atom. The van der Waals surface area contributed by atoms with Crippen LogP contribution in [0.2, 0.25) is 0 Å². The van der Waals surface area contributed by atoms with Crippen LogP contribution in [0.15, 0.2) is 36.4 Å². The highest BCUT2D eigenvalue weighted by Gasteiger charge is 2.18. The van der Waals surface area contributed by atoms with Gasteiger partial charge in [-0.1, -0.05) is 18.2 Å². The predicted octanol–water partition coefficient (Wildman–Crippen LogP) is 1.44. The molecule has 1 fully saturated rings. The number of hydrogen-bond donors (Lipinski definition) is 2. The number of rotatable bonds is 4. The van der Waals surface area contributed by atoms with Crippen LogP contribution < -0.4 is 5.32 Å². The molecule has 1 aliphatic heterocycles. The minimum absolute atomic E-state index is 0.0710. The largest absolute Gasteiger partial charge is 0.354 e. The third-order valence-corrected chi connectivity index (χ3v) is 5.16. The molecule has 0 bridgehead atoms. The maximum Gasteiger partial charge on any atom is 0.234 e. The van der Waals surface area contributed by atoms with Crippen molar-refractivity contribution in [1.82, 2.24) is 35.0 Å². The van der Waals surface area contributed by atoms with E-state index in [0.29, 0.717) is 26.1 Å². The number of hydrogen-bond acceptors (Lipinski definition) is 5. The number of aromatic nitrogens is 5. The summed E-state index contributed by atoms with van der Waals surface area (Å²) in [5.41, 5.74) is 5.02. The van der Waals surface area contributed by atoms with Gasteiger partial charge in [-0.2, -0.15) is 10.2 Å². The Morgan fingerprint density at radius 2 is 2.14 bits per heavy atom. The van der Waals surface area contributed by atoms with E-state index in [-0.39, 0.29) is 5.91 Å². The number of carbonyl (C=O) groups is 1. The standard InChI is InChI=1S/C20H21N7O/c1-13-16-6-5-14(9-17(16)24-23-13)10-18-22-19-4-2-3-15(27(19)25-18)11-26-8-7-21-20(28)12-26/h2-6,9H,7-8,10-12H2,1H3,(H,21,28)(H,23,24). The van der Waals surface area contributed by atoms with Crippen molar-refractivity contribution in [3.8, 4) is 0 Å². The second kappa shape index (κ2) is 6.72. The Morgan fingerprint density at radius 1 is 1.21 bits per heavy atom. The lowest BCUT2D eigenvalue weighted by atomic mass is 10.1. The zero-order valence-corrected chi connectivity index (χ0v) is 15.6. The van der Waals surface area contributed by atoms with Gasteiger partial charge >= 0.3 is 0 Å². The molecule has 142 valence electrons. The number of H-pyrrole nitrogens is 1. The molecule has 4 aromatic rings. The Labute approximate surface area is 161 Å². The van der Waals surface area contributed by atoms with Crippen molar-refractivity contribution in [2.24, 2.45) is 0 Å². The number of nitrogens with zero attached hydrogens (tertiary/aromatic N) is 5. The molecule has 28 heavy (non-hydrogen) atoms. The first-order valence-electron chi connectivity index (χ1n) is 9.42. The second-order valence-corrected chi connectivity index (χ2v) is 7.25. The molecule has 0 aliphatic carbocycles. The van der Waals surface area contributed by atoms with Crippen molar-refractivity contribution in [1.29, 1.82) is 0 Å². The van der Waals surface area contributed by atoms with Gasteiger partial charge in [-0.05, 0) is 30.7 Å². The number of fused-ring (bicyclic) bond motifs is 2. The van der Waals surface area contributed by atoms with E-state index < -0.39 is 0 Å². The van der Waals surface area contributed by atoms with Gasteiger partial charge in [0.25, 0.3) is 0 Å². The fraction of sp³-hybridized carbons (Fsp3) is 0.300. The normalized spacial score (nSPS) is 15.4. The van der Waals surface area contributed by atoms with Crippen molar-refractivity contribution < 1.29 is 4.79 Å². The summed E-state index contributed by atoms with van der Waals surface area (Å²) in [6.07, 6.45) is 0.648. The van der Waals surface area contributed by atoms with Crippen LogP contribution in [0.5, 0.6) is 0 Å². The Balaban J connectivity index is 1.41. The molecule has 0 saturated carbocycles. The monoisotopic (exact) mass is 375 g/mol. The lowest BCUT2D eigenvalue weighted by Gasteiger charge is -2.26. The van der Waals surface area contributed by atoms with Crippen molar-refractivity contribution in [2.75, 3.05) is 19.6 Å². The summed E-state index contributed by atoms with van der Waals surface area (Å²) in [6, 6.07) is 12.3. The Kier molecular flexibility index (Phi) is 4.05. The molecule has 1 aromatic carbocycles. The van der Waals surface area contributed by atoms with E-state index in [1.165, 1.54) is 0 Å². The lowest BCUT2D eigenvalue weighted by molar-refractivity contribution is -0.124. The predicted molar refractivity (Wildman–Crippen MR) is 105 cm³/mol. The Hall–Kier alpha value is -3.26. The highest BCUT2D eigenvalue weighted by atomic mass is 16.2. The molecular weight excluding hydrogens is 354 g/mol. The first kappa shape index (κ1) is 16.9. The fourth-order valence-electron chi connectivity index (χ4n) is 3.74.